The Bertz CT molecular complexity index is 822. The van der Waals surface area contributed by atoms with Crippen molar-refractivity contribution in [2.24, 2.45) is 22.9 Å². The number of rotatable bonds is 4. The number of carbonyl (C=O) groups is 4. The van der Waals surface area contributed by atoms with Gasteiger partial charge >= 0.3 is 6.03 Å². The molecule has 0 radical (unpaired) electrons. The Morgan fingerprint density at radius 1 is 1.15 bits per heavy atom. The van der Waals surface area contributed by atoms with Gasteiger partial charge in [-0.2, -0.15) is 5.10 Å². The van der Waals surface area contributed by atoms with Crippen molar-refractivity contribution in [3.63, 3.8) is 0 Å². The molecule has 4 rings (SSSR count). The largest absolute Gasteiger partial charge is 0.331 e. The molecule has 0 aromatic heterocycles. The maximum Gasteiger partial charge on any atom is 0.331 e. The molecule has 4 atom stereocenters. The molecular weight excluding hydrogens is 348 g/mol. The number of urea groups is 1. The summed E-state index contributed by atoms with van der Waals surface area (Å²) in [4.78, 5) is 50.3. The standard InChI is InChI=1S/C19H20N4O4/c24-16(12-4-2-1-3-5-12)22-20-10-14-17(25)21-19(27)23(18(14)26)15-9-11-6-7-13(15)8-11/h1-5,10-11,13-15H,6-9H2,(H,22,24)(H,21,25,27)/b20-10-/t11-,13-,14+,15+/m0/s1. The summed E-state index contributed by atoms with van der Waals surface area (Å²) in [6, 6.07) is 7.66. The molecule has 140 valence electrons. The van der Waals surface area contributed by atoms with Crippen LogP contribution in [0, 0.1) is 17.8 Å². The fraction of sp³-hybridized carbons (Fsp3) is 0.421. The van der Waals surface area contributed by atoms with Gasteiger partial charge in [0.1, 0.15) is 0 Å². The molecule has 1 aromatic carbocycles. The number of nitrogens with zero attached hydrogens (tertiary/aromatic N) is 2. The molecular formula is C19H20N4O4. The molecule has 3 fully saturated rings. The summed E-state index contributed by atoms with van der Waals surface area (Å²) < 4.78 is 0. The number of nitrogens with one attached hydrogen (secondary N) is 2. The third kappa shape index (κ3) is 3.22. The highest BCUT2D eigenvalue weighted by molar-refractivity contribution is 6.23. The second-order valence-electron chi connectivity index (χ2n) is 7.31. The first-order valence-electron chi connectivity index (χ1n) is 9.11. The van der Waals surface area contributed by atoms with Crippen LogP contribution in [-0.2, 0) is 9.59 Å². The van der Waals surface area contributed by atoms with E-state index in [1.807, 2.05) is 0 Å². The number of hydrogen-bond acceptors (Lipinski definition) is 5. The van der Waals surface area contributed by atoms with Crippen molar-refractivity contribution in [3.8, 4) is 0 Å². The molecule has 1 heterocycles. The first kappa shape index (κ1) is 17.4. The lowest BCUT2D eigenvalue weighted by atomic mass is 9.92. The molecule has 5 amide bonds. The summed E-state index contributed by atoms with van der Waals surface area (Å²) in [5.41, 5.74) is 2.71. The topological polar surface area (TPSA) is 108 Å². The van der Waals surface area contributed by atoms with Crippen molar-refractivity contribution < 1.29 is 19.2 Å². The Hall–Kier alpha value is -3.03. The highest BCUT2D eigenvalue weighted by Gasteiger charge is 2.50. The Morgan fingerprint density at radius 3 is 2.59 bits per heavy atom. The van der Waals surface area contributed by atoms with Crippen molar-refractivity contribution in [2.75, 3.05) is 0 Å². The number of amides is 5. The molecule has 27 heavy (non-hydrogen) atoms. The Kier molecular flexibility index (Phi) is 4.47. The van der Waals surface area contributed by atoms with Crippen LogP contribution in [0.1, 0.15) is 36.0 Å². The van der Waals surface area contributed by atoms with E-state index in [2.05, 4.69) is 15.8 Å². The zero-order valence-electron chi connectivity index (χ0n) is 14.6. The first-order chi connectivity index (χ1) is 13.0. The van der Waals surface area contributed by atoms with Gasteiger partial charge in [-0.15, -0.1) is 0 Å². The van der Waals surface area contributed by atoms with Crippen molar-refractivity contribution in [1.82, 2.24) is 15.6 Å². The van der Waals surface area contributed by atoms with Gasteiger partial charge in [-0.3, -0.25) is 24.6 Å². The third-order valence-electron chi connectivity index (χ3n) is 5.69. The van der Waals surface area contributed by atoms with Gasteiger partial charge in [0.15, 0.2) is 5.92 Å². The van der Waals surface area contributed by atoms with Crippen molar-refractivity contribution in [1.29, 1.82) is 0 Å². The predicted molar refractivity (Wildman–Crippen MR) is 95.5 cm³/mol. The van der Waals surface area contributed by atoms with Gasteiger partial charge in [-0.25, -0.2) is 10.2 Å². The SMILES string of the molecule is O=C(N/N=C\[C@@H]1C(=O)NC(=O)N([C@@H]2C[C@H]3CC[C@H]2C3)C1=O)c1ccccc1. The molecule has 2 bridgehead atoms. The Balaban J connectivity index is 1.45. The zero-order valence-corrected chi connectivity index (χ0v) is 14.6. The van der Waals surface area contributed by atoms with Crippen LogP contribution in [0.5, 0.6) is 0 Å². The number of imide groups is 2. The van der Waals surface area contributed by atoms with Crippen LogP contribution < -0.4 is 10.7 Å². The summed E-state index contributed by atoms with van der Waals surface area (Å²) >= 11 is 0. The van der Waals surface area contributed by atoms with Crippen LogP contribution in [0.4, 0.5) is 4.79 Å². The smallest absolute Gasteiger partial charge is 0.277 e. The van der Waals surface area contributed by atoms with Gasteiger partial charge in [-0.1, -0.05) is 24.6 Å². The number of fused-ring (bicyclic) bond motifs is 2. The average Bonchev–Trinajstić information content (AvgIpc) is 3.28. The molecule has 0 spiro atoms. The van der Waals surface area contributed by atoms with Gasteiger partial charge < -0.3 is 0 Å². The summed E-state index contributed by atoms with van der Waals surface area (Å²) in [5, 5.41) is 6.00. The maximum atomic E-state index is 12.8. The minimum Gasteiger partial charge on any atom is -0.277 e. The molecule has 2 saturated carbocycles. The second-order valence-corrected chi connectivity index (χ2v) is 7.31. The number of carbonyl (C=O) groups excluding carboxylic acids is 4. The van der Waals surface area contributed by atoms with E-state index < -0.39 is 29.7 Å². The van der Waals surface area contributed by atoms with E-state index in [0.717, 1.165) is 31.9 Å². The number of benzene rings is 1. The number of barbiturate groups is 1. The van der Waals surface area contributed by atoms with E-state index in [-0.39, 0.29) is 6.04 Å². The van der Waals surface area contributed by atoms with E-state index in [0.29, 0.717) is 17.4 Å². The molecule has 8 heteroatoms. The van der Waals surface area contributed by atoms with E-state index >= 15 is 0 Å². The van der Waals surface area contributed by atoms with Crippen LogP contribution in [0.15, 0.2) is 35.4 Å². The zero-order chi connectivity index (χ0) is 19.0. The number of hydrogen-bond donors (Lipinski definition) is 2. The molecule has 3 aliphatic rings. The summed E-state index contributed by atoms with van der Waals surface area (Å²) in [5.74, 6) is -2.10. The lowest BCUT2D eigenvalue weighted by molar-refractivity contribution is -0.141. The highest BCUT2D eigenvalue weighted by Crippen LogP contribution is 2.47. The van der Waals surface area contributed by atoms with E-state index in [9.17, 15) is 19.2 Å². The van der Waals surface area contributed by atoms with Crippen LogP contribution in [0.2, 0.25) is 0 Å². The fourth-order valence-corrected chi connectivity index (χ4v) is 4.40. The lowest BCUT2D eigenvalue weighted by Crippen LogP contribution is -2.62. The third-order valence-corrected chi connectivity index (χ3v) is 5.69. The Morgan fingerprint density at radius 2 is 1.93 bits per heavy atom. The average molecular weight is 368 g/mol. The van der Waals surface area contributed by atoms with E-state index in [1.165, 1.54) is 4.90 Å². The van der Waals surface area contributed by atoms with Crippen LogP contribution in [0.25, 0.3) is 0 Å². The second kappa shape index (κ2) is 6.94. The molecule has 2 aliphatic carbocycles. The van der Waals surface area contributed by atoms with Crippen molar-refractivity contribution in [3.05, 3.63) is 35.9 Å². The van der Waals surface area contributed by atoms with Gasteiger partial charge in [0, 0.05) is 17.8 Å². The highest BCUT2D eigenvalue weighted by atomic mass is 16.2. The molecule has 0 unspecified atom stereocenters. The fourth-order valence-electron chi connectivity index (χ4n) is 4.40. The summed E-state index contributed by atoms with van der Waals surface area (Å²) in [7, 11) is 0. The summed E-state index contributed by atoms with van der Waals surface area (Å²) in [6.07, 6.45) is 5.06. The first-order valence-corrected chi connectivity index (χ1v) is 9.11. The van der Waals surface area contributed by atoms with Crippen molar-refractivity contribution >= 4 is 30.0 Å². The quantitative estimate of drug-likeness (QED) is 0.474. The summed E-state index contributed by atoms with van der Waals surface area (Å²) in [6.45, 7) is 0. The van der Waals surface area contributed by atoms with Crippen LogP contribution >= 0.6 is 0 Å². The molecule has 1 aliphatic heterocycles. The molecule has 8 nitrogen and oxygen atoms in total. The predicted octanol–water partition coefficient (Wildman–Crippen LogP) is 1.29. The van der Waals surface area contributed by atoms with Gasteiger partial charge in [0.2, 0.25) is 11.8 Å². The van der Waals surface area contributed by atoms with Crippen LogP contribution in [0.3, 0.4) is 0 Å². The lowest BCUT2D eigenvalue weighted by Gasteiger charge is -2.36. The van der Waals surface area contributed by atoms with Gasteiger partial charge in [0.25, 0.3) is 5.91 Å². The van der Waals surface area contributed by atoms with E-state index in [1.54, 1.807) is 30.3 Å². The van der Waals surface area contributed by atoms with E-state index in [4.69, 9.17) is 0 Å². The van der Waals surface area contributed by atoms with Gasteiger partial charge in [-0.05, 0) is 43.2 Å². The van der Waals surface area contributed by atoms with Crippen LogP contribution in [-0.4, -0.2) is 40.9 Å². The minimum atomic E-state index is -1.22. The normalized spacial score (nSPS) is 30.1. The minimum absolute atomic E-state index is 0.154. The number of hydrazone groups is 1. The van der Waals surface area contributed by atoms with Gasteiger partial charge in [0.05, 0.1) is 0 Å². The molecule has 1 aromatic rings. The van der Waals surface area contributed by atoms with Crippen molar-refractivity contribution in [2.45, 2.75) is 31.7 Å². The molecule has 2 N–H and O–H groups in total. The molecule has 1 saturated heterocycles. The Labute approximate surface area is 156 Å². The maximum absolute atomic E-state index is 12.8. The monoisotopic (exact) mass is 368 g/mol.